The maximum absolute atomic E-state index is 12.0. The van der Waals surface area contributed by atoms with Crippen molar-refractivity contribution in [3.63, 3.8) is 0 Å². The molecule has 2 atom stereocenters. The Kier molecular flexibility index (Phi) is 3.91. The highest BCUT2D eigenvalue weighted by Gasteiger charge is 2.44. The van der Waals surface area contributed by atoms with E-state index in [9.17, 15) is 14.7 Å². The number of hydrogen-bond donors (Lipinski definition) is 2. The Hall–Kier alpha value is -1.10. The Balaban J connectivity index is 2.90. The molecule has 5 heteroatoms. The first-order valence-corrected chi connectivity index (χ1v) is 5.74. The topological polar surface area (TPSA) is 83.6 Å². The van der Waals surface area contributed by atoms with Gasteiger partial charge in [0, 0.05) is 6.54 Å². The van der Waals surface area contributed by atoms with E-state index in [2.05, 4.69) is 0 Å². The predicted octanol–water partition coefficient (Wildman–Crippen LogP) is 0.579. The second-order valence-corrected chi connectivity index (χ2v) is 4.54. The fraction of sp³-hybridized carbons (Fsp3) is 0.818. The molecule has 16 heavy (non-hydrogen) atoms. The minimum Gasteiger partial charge on any atom is -0.480 e. The Morgan fingerprint density at radius 2 is 2.12 bits per heavy atom. The average molecular weight is 228 g/mol. The zero-order chi connectivity index (χ0) is 12.3. The van der Waals surface area contributed by atoms with Crippen molar-refractivity contribution in [2.45, 2.75) is 51.1 Å². The van der Waals surface area contributed by atoms with Gasteiger partial charge in [-0.2, -0.15) is 0 Å². The number of piperidine rings is 1. The van der Waals surface area contributed by atoms with Crippen molar-refractivity contribution in [2.75, 3.05) is 6.54 Å². The Bertz CT molecular complexity index is 293. The summed E-state index contributed by atoms with van der Waals surface area (Å²) in [6.07, 6.45) is 2.73. The van der Waals surface area contributed by atoms with Gasteiger partial charge in [0.25, 0.3) is 0 Å². The summed E-state index contributed by atoms with van der Waals surface area (Å²) < 4.78 is 0. The highest BCUT2D eigenvalue weighted by atomic mass is 16.4. The molecule has 1 aliphatic heterocycles. The molecule has 0 aromatic rings. The fourth-order valence-corrected chi connectivity index (χ4v) is 2.07. The lowest BCUT2D eigenvalue weighted by atomic mass is 9.87. The van der Waals surface area contributed by atoms with Gasteiger partial charge in [0.05, 0.1) is 6.04 Å². The summed E-state index contributed by atoms with van der Waals surface area (Å²) in [5.74, 6) is -1.18. The van der Waals surface area contributed by atoms with Gasteiger partial charge in [-0.3, -0.25) is 4.79 Å². The molecule has 1 aliphatic rings. The van der Waals surface area contributed by atoms with E-state index in [4.69, 9.17) is 5.73 Å². The molecular formula is C11H20N2O3. The van der Waals surface area contributed by atoms with E-state index < -0.39 is 17.6 Å². The molecule has 1 fully saturated rings. The monoisotopic (exact) mass is 228 g/mol. The van der Waals surface area contributed by atoms with Gasteiger partial charge < -0.3 is 15.7 Å². The molecule has 5 nitrogen and oxygen atoms in total. The molecule has 0 saturated carbocycles. The third kappa shape index (κ3) is 2.19. The minimum absolute atomic E-state index is 0.243. The zero-order valence-electron chi connectivity index (χ0n) is 9.90. The van der Waals surface area contributed by atoms with Crippen LogP contribution < -0.4 is 5.73 Å². The number of aliphatic carboxylic acids is 1. The maximum atomic E-state index is 12.0. The quantitative estimate of drug-likeness (QED) is 0.740. The molecule has 0 bridgehead atoms. The van der Waals surface area contributed by atoms with Crippen molar-refractivity contribution in [1.29, 1.82) is 0 Å². The smallest absolute Gasteiger partial charge is 0.329 e. The lowest BCUT2D eigenvalue weighted by Gasteiger charge is -2.42. The Labute approximate surface area is 95.6 Å². The second-order valence-electron chi connectivity index (χ2n) is 4.54. The highest BCUT2D eigenvalue weighted by molar-refractivity contribution is 5.89. The van der Waals surface area contributed by atoms with Crippen molar-refractivity contribution in [3.8, 4) is 0 Å². The molecule has 1 heterocycles. The fourth-order valence-electron chi connectivity index (χ4n) is 2.07. The number of nitrogens with zero attached hydrogens (tertiary/aromatic N) is 1. The summed E-state index contributed by atoms with van der Waals surface area (Å²) >= 11 is 0. The number of carbonyl (C=O) groups is 2. The van der Waals surface area contributed by atoms with E-state index in [0.717, 1.165) is 12.8 Å². The Morgan fingerprint density at radius 1 is 1.50 bits per heavy atom. The van der Waals surface area contributed by atoms with Gasteiger partial charge in [0.2, 0.25) is 5.91 Å². The number of amides is 1. The van der Waals surface area contributed by atoms with Crippen LogP contribution in [0.1, 0.15) is 39.5 Å². The van der Waals surface area contributed by atoms with Gasteiger partial charge in [-0.05, 0) is 32.6 Å². The number of hydrogen-bond acceptors (Lipinski definition) is 3. The van der Waals surface area contributed by atoms with E-state index in [0.29, 0.717) is 19.4 Å². The lowest BCUT2D eigenvalue weighted by molar-refractivity contribution is -0.161. The van der Waals surface area contributed by atoms with Crippen LogP contribution in [0.5, 0.6) is 0 Å². The third-order valence-electron chi connectivity index (χ3n) is 3.37. The molecule has 3 N–H and O–H groups in total. The van der Waals surface area contributed by atoms with Gasteiger partial charge >= 0.3 is 5.97 Å². The molecule has 0 radical (unpaired) electrons. The first-order valence-electron chi connectivity index (χ1n) is 5.74. The molecule has 1 rings (SSSR count). The van der Waals surface area contributed by atoms with E-state index in [-0.39, 0.29) is 5.91 Å². The number of carbonyl (C=O) groups excluding carboxylic acids is 1. The van der Waals surface area contributed by atoms with E-state index >= 15 is 0 Å². The summed E-state index contributed by atoms with van der Waals surface area (Å²) in [7, 11) is 0. The van der Waals surface area contributed by atoms with Crippen LogP contribution in [0.15, 0.2) is 0 Å². The molecule has 92 valence electrons. The molecule has 0 aromatic carbocycles. The summed E-state index contributed by atoms with van der Waals surface area (Å²) in [6, 6.07) is -0.586. The van der Waals surface area contributed by atoms with Gasteiger partial charge in [-0.15, -0.1) is 0 Å². The third-order valence-corrected chi connectivity index (χ3v) is 3.37. The number of likely N-dealkylation sites (tertiary alicyclic amines) is 1. The average Bonchev–Trinajstić information content (AvgIpc) is 2.27. The zero-order valence-corrected chi connectivity index (χ0v) is 9.90. The van der Waals surface area contributed by atoms with Crippen molar-refractivity contribution in [3.05, 3.63) is 0 Å². The SMILES string of the molecule is CCC(N)C(=O)N1CCCCC1(C)C(=O)O. The lowest BCUT2D eigenvalue weighted by Crippen LogP contribution is -2.60. The standard InChI is InChI=1S/C11H20N2O3/c1-3-8(12)9(14)13-7-5-4-6-11(13,2)10(15)16/h8H,3-7,12H2,1-2H3,(H,15,16). The molecule has 0 aromatic heterocycles. The van der Waals surface area contributed by atoms with E-state index in [1.54, 1.807) is 6.92 Å². The number of rotatable bonds is 3. The van der Waals surface area contributed by atoms with Crippen LogP contribution in [0, 0.1) is 0 Å². The van der Waals surface area contributed by atoms with Gasteiger partial charge in [-0.25, -0.2) is 4.79 Å². The van der Waals surface area contributed by atoms with Crippen molar-refractivity contribution in [2.24, 2.45) is 5.73 Å². The van der Waals surface area contributed by atoms with E-state index in [1.807, 2.05) is 6.92 Å². The largest absolute Gasteiger partial charge is 0.480 e. The van der Waals surface area contributed by atoms with Crippen LogP contribution in [-0.4, -0.2) is 40.0 Å². The second kappa shape index (κ2) is 4.82. The number of carboxylic acid groups (broad SMARTS) is 1. The first-order chi connectivity index (χ1) is 7.43. The summed E-state index contributed by atoms with van der Waals surface area (Å²) in [5, 5.41) is 9.24. The van der Waals surface area contributed by atoms with Crippen LogP contribution in [-0.2, 0) is 9.59 Å². The summed E-state index contributed by atoms with van der Waals surface area (Å²) in [6.45, 7) is 3.93. The van der Waals surface area contributed by atoms with Crippen LogP contribution in [0.3, 0.4) is 0 Å². The number of carboxylic acids is 1. The molecule has 1 saturated heterocycles. The normalized spacial score (nSPS) is 27.6. The first kappa shape index (κ1) is 13.0. The van der Waals surface area contributed by atoms with Crippen LogP contribution in [0.25, 0.3) is 0 Å². The summed E-state index contributed by atoms with van der Waals surface area (Å²) in [5.41, 5.74) is 4.60. The number of nitrogens with two attached hydrogens (primary N) is 1. The van der Waals surface area contributed by atoms with Gasteiger partial charge in [0.1, 0.15) is 5.54 Å². The minimum atomic E-state index is -1.08. The molecular weight excluding hydrogens is 208 g/mol. The maximum Gasteiger partial charge on any atom is 0.329 e. The molecule has 2 unspecified atom stereocenters. The van der Waals surface area contributed by atoms with Gasteiger partial charge in [-0.1, -0.05) is 6.92 Å². The van der Waals surface area contributed by atoms with Crippen LogP contribution in [0.4, 0.5) is 0 Å². The molecule has 1 amide bonds. The molecule has 0 aliphatic carbocycles. The Morgan fingerprint density at radius 3 is 2.62 bits per heavy atom. The van der Waals surface area contributed by atoms with Crippen LogP contribution >= 0.6 is 0 Å². The van der Waals surface area contributed by atoms with E-state index in [1.165, 1.54) is 4.90 Å². The summed E-state index contributed by atoms with van der Waals surface area (Å²) in [4.78, 5) is 24.7. The predicted molar refractivity (Wildman–Crippen MR) is 59.9 cm³/mol. The van der Waals surface area contributed by atoms with Crippen molar-refractivity contribution >= 4 is 11.9 Å². The van der Waals surface area contributed by atoms with Crippen molar-refractivity contribution in [1.82, 2.24) is 4.90 Å². The molecule has 0 spiro atoms. The van der Waals surface area contributed by atoms with Crippen molar-refractivity contribution < 1.29 is 14.7 Å². The highest BCUT2D eigenvalue weighted by Crippen LogP contribution is 2.28. The van der Waals surface area contributed by atoms with Gasteiger partial charge in [0.15, 0.2) is 0 Å². The van der Waals surface area contributed by atoms with Crippen LogP contribution in [0.2, 0.25) is 0 Å².